The van der Waals surface area contributed by atoms with Gasteiger partial charge in [0.05, 0.1) is 0 Å². The van der Waals surface area contributed by atoms with Gasteiger partial charge in [-0.05, 0) is 62.0 Å². The van der Waals surface area contributed by atoms with Crippen LogP contribution in [-0.2, 0) is 6.54 Å². The van der Waals surface area contributed by atoms with E-state index in [2.05, 4.69) is 44.0 Å². The van der Waals surface area contributed by atoms with E-state index in [1.807, 2.05) is 12.3 Å². The average molecular weight is 380 g/mol. The molecule has 6 heterocycles. The summed E-state index contributed by atoms with van der Waals surface area (Å²) in [6, 6.07) is 9.97. The van der Waals surface area contributed by atoms with Gasteiger partial charge in [0.15, 0.2) is 11.5 Å². The minimum atomic E-state index is 0.350. The number of ether oxygens (including phenoxy) is 2. The summed E-state index contributed by atoms with van der Waals surface area (Å²) < 4.78 is 13.3. The number of aryl methyl sites for hydroxylation is 1. The molecule has 4 saturated heterocycles. The molecule has 6 heteroatoms. The maximum Gasteiger partial charge on any atom is 0.231 e. The summed E-state index contributed by atoms with van der Waals surface area (Å²) in [7, 11) is 0. The predicted octanol–water partition coefficient (Wildman–Crippen LogP) is 2.56. The maximum atomic E-state index is 5.67. The van der Waals surface area contributed by atoms with Gasteiger partial charge in [-0.3, -0.25) is 14.5 Å². The zero-order chi connectivity index (χ0) is 18.5. The Hall–Kier alpha value is -2.05. The van der Waals surface area contributed by atoms with E-state index >= 15 is 0 Å². The number of fused-ring (bicyclic) bond motifs is 3. The third-order valence-electron chi connectivity index (χ3n) is 7.31. The van der Waals surface area contributed by atoms with E-state index in [4.69, 9.17) is 9.47 Å². The summed E-state index contributed by atoms with van der Waals surface area (Å²) in [5.74, 6) is 3.23. The number of hydrogen-bond donors (Lipinski definition) is 0. The van der Waals surface area contributed by atoms with E-state index < -0.39 is 0 Å². The Bertz CT molecular complexity index is 831. The van der Waals surface area contributed by atoms with Crippen molar-refractivity contribution in [3.63, 3.8) is 0 Å². The molecular formula is C22H28N4O2. The molecule has 2 bridgehead atoms. The van der Waals surface area contributed by atoms with Crippen LogP contribution in [0, 0.1) is 5.92 Å². The van der Waals surface area contributed by atoms with Crippen molar-refractivity contribution < 1.29 is 9.47 Å². The van der Waals surface area contributed by atoms with Crippen molar-refractivity contribution in [3.05, 3.63) is 42.2 Å². The van der Waals surface area contributed by atoms with E-state index in [1.54, 1.807) is 0 Å². The standard InChI is InChI=1S/C22H28N4O2/c1-7-23-26(9-1)10-2-8-25-14-18(17-3-4-19-20(13-17)28-15-27-19)22-21(25)16-5-11-24(22)12-6-16/h1,3-4,7,9,13,16,18,21-22H,2,5-6,8,10-12,14-15H2/t18-,21+,22+/m1/s1. The van der Waals surface area contributed by atoms with Crippen molar-refractivity contribution in [2.75, 3.05) is 33.0 Å². The van der Waals surface area contributed by atoms with Crippen molar-refractivity contribution >= 4 is 0 Å². The molecule has 0 saturated carbocycles. The van der Waals surface area contributed by atoms with Crippen LogP contribution in [0.1, 0.15) is 30.7 Å². The molecule has 0 aliphatic carbocycles. The van der Waals surface area contributed by atoms with Crippen LogP contribution < -0.4 is 9.47 Å². The summed E-state index contributed by atoms with van der Waals surface area (Å²) in [4.78, 5) is 5.56. The highest BCUT2D eigenvalue weighted by molar-refractivity contribution is 5.46. The minimum absolute atomic E-state index is 0.350. The first-order chi connectivity index (χ1) is 13.9. The van der Waals surface area contributed by atoms with E-state index in [9.17, 15) is 0 Å². The lowest BCUT2D eigenvalue weighted by atomic mass is 9.75. The molecule has 1 aromatic carbocycles. The highest BCUT2D eigenvalue weighted by Crippen LogP contribution is 2.47. The number of hydrogen-bond acceptors (Lipinski definition) is 5. The molecule has 7 rings (SSSR count). The van der Waals surface area contributed by atoms with Crippen LogP contribution in [-0.4, -0.2) is 64.6 Å². The van der Waals surface area contributed by atoms with Crippen molar-refractivity contribution in [1.29, 1.82) is 0 Å². The van der Waals surface area contributed by atoms with Crippen LogP contribution in [0.25, 0.3) is 0 Å². The normalized spacial score (nSPS) is 33.4. The lowest BCUT2D eigenvalue weighted by molar-refractivity contribution is -0.00698. The molecular weight excluding hydrogens is 352 g/mol. The summed E-state index contributed by atoms with van der Waals surface area (Å²) in [6.45, 7) is 6.21. The van der Waals surface area contributed by atoms with Crippen LogP contribution in [0.5, 0.6) is 11.5 Å². The predicted molar refractivity (Wildman–Crippen MR) is 106 cm³/mol. The lowest BCUT2D eigenvalue weighted by Gasteiger charge is -2.51. The Morgan fingerprint density at radius 2 is 1.93 bits per heavy atom. The Kier molecular flexibility index (Phi) is 4.08. The smallest absolute Gasteiger partial charge is 0.231 e. The van der Waals surface area contributed by atoms with Crippen molar-refractivity contribution in [2.45, 2.75) is 43.8 Å². The molecule has 28 heavy (non-hydrogen) atoms. The Morgan fingerprint density at radius 3 is 2.79 bits per heavy atom. The number of piperidine rings is 3. The minimum Gasteiger partial charge on any atom is -0.454 e. The number of benzene rings is 1. The lowest BCUT2D eigenvalue weighted by Crippen LogP contribution is -2.60. The first-order valence-corrected chi connectivity index (χ1v) is 10.7. The fourth-order valence-electron chi connectivity index (χ4n) is 6.10. The first kappa shape index (κ1) is 16.9. The summed E-state index contributed by atoms with van der Waals surface area (Å²) in [6.07, 6.45) is 7.83. The maximum absolute atomic E-state index is 5.67. The number of nitrogens with zero attached hydrogens (tertiary/aromatic N) is 4. The van der Waals surface area contributed by atoms with E-state index in [-0.39, 0.29) is 0 Å². The second-order valence-corrected chi connectivity index (χ2v) is 8.69. The van der Waals surface area contributed by atoms with E-state index in [1.165, 1.54) is 31.5 Å². The molecule has 5 aliphatic heterocycles. The van der Waals surface area contributed by atoms with Crippen molar-refractivity contribution in [2.24, 2.45) is 5.92 Å². The monoisotopic (exact) mass is 380 g/mol. The third-order valence-corrected chi connectivity index (χ3v) is 7.31. The Labute approximate surface area is 166 Å². The highest BCUT2D eigenvalue weighted by Gasteiger charge is 2.53. The fraction of sp³-hybridized carbons (Fsp3) is 0.591. The molecule has 0 spiro atoms. The third kappa shape index (κ3) is 2.73. The molecule has 4 fully saturated rings. The Balaban J connectivity index is 1.24. The summed E-state index contributed by atoms with van der Waals surface area (Å²) in [5, 5.41) is 4.36. The number of rotatable bonds is 5. The van der Waals surface area contributed by atoms with Gasteiger partial charge in [-0.25, -0.2) is 0 Å². The number of likely N-dealkylation sites (tertiary alicyclic amines) is 1. The zero-order valence-electron chi connectivity index (χ0n) is 16.2. The molecule has 5 aliphatic rings. The molecule has 2 aromatic rings. The number of aromatic nitrogens is 2. The van der Waals surface area contributed by atoms with Gasteiger partial charge in [-0.15, -0.1) is 0 Å². The van der Waals surface area contributed by atoms with Crippen LogP contribution >= 0.6 is 0 Å². The second kappa shape index (κ2) is 6.78. The van der Waals surface area contributed by atoms with Crippen LogP contribution in [0.15, 0.2) is 36.7 Å². The Morgan fingerprint density at radius 1 is 1.04 bits per heavy atom. The van der Waals surface area contributed by atoms with Gasteiger partial charge in [0, 0.05) is 50.0 Å². The van der Waals surface area contributed by atoms with Gasteiger partial charge in [0.1, 0.15) is 0 Å². The molecule has 3 atom stereocenters. The molecule has 0 radical (unpaired) electrons. The van der Waals surface area contributed by atoms with Gasteiger partial charge in [-0.2, -0.15) is 5.10 Å². The van der Waals surface area contributed by atoms with Crippen LogP contribution in [0.3, 0.4) is 0 Å². The van der Waals surface area contributed by atoms with Gasteiger partial charge < -0.3 is 9.47 Å². The zero-order valence-corrected chi connectivity index (χ0v) is 16.2. The van der Waals surface area contributed by atoms with Crippen molar-refractivity contribution in [1.82, 2.24) is 19.6 Å². The second-order valence-electron chi connectivity index (χ2n) is 8.69. The van der Waals surface area contributed by atoms with Gasteiger partial charge in [0.25, 0.3) is 0 Å². The van der Waals surface area contributed by atoms with Crippen molar-refractivity contribution in [3.8, 4) is 11.5 Å². The molecule has 6 nitrogen and oxygen atoms in total. The largest absolute Gasteiger partial charge is 0.454 e. The molecule has 0 unspecified atom stereocenters. The van der Waals surface area contributed by atoms with Gasteiger partial charge in [0.2, 0.25) is 6.79 Å². The molecule has 1 aromatic heterocycles. The van der Waals surface area contributed by atoms with Gasteiger partial charge >= 0.3 is 0 Å². The van der Waals surface area contributed by atoms with Crippen LogP contribution in [0.4, 0.5) is 0 Å². The topological polar surface area (TPSA) is 42.8 Å². The SMILES string of the molecule is c1cnn(CCCN2C[C@H](c3ccc4c(c3)OCO4)[C@H]3[C@@H]2C2CCN3CC2)c1. The highest BCUT2D eigenvalue weighted by atomic mass is 16.7. The average Bonchev–Trinajstić information content (AvgIpc) is 3.49. The van der Waals surface area contributed by atoms with Crippen LogP contribution in [0.2, 0.25) is 0 Å². The van der Waals surface area contributed by atoms with Gasteiger partial charge in [-0.1, -0.05) is 6.07 Å². The first-order valence-electron chi connectivity index (χ1n) is 10.7. The summed E-state index contributed by atoms with van der Waals surface area (Å²) in [5.41, 5.74) is 1.42. The quantitative estimate of drug-likeness (QED) is 0.798. The fourth-order valence-corrected chi connectivity index (χ4v) is 6.10. The molecule has 0 N–H and O–H groups in total. The molecule has 0 amide bonds. The molecule has 148 valence electrons. The summed E-state index contributed by atoms with van der Waals surface area (Å²) >= 11 is 0. The van der Waals surface area contributed by atoms with E-state index in [0.29, 0.717) is 24.8 Å². The van der Waals surface area contributed by atoms with E-state index in [0.717, 1.165) is 43.5 Å².